The Balaban J connectivity index is 2.65. The zero-order chi connectivity index (χ0) is 9.90. The van der Waals surface area contributed by atoms with Crippen LogP contribution in [-0.4, -0.2) is 25.4 Å². The maximum atomic E-state index is 10.8. The Bertz CT molecular complexity index is 389. The molecule has 0 bridgehead atoms. The van der Waals surface area contributed by atoms with Crippen molar-refractivity contribution in [2.24, 2.45) is 0 Å². The smallest absolute Gasteiger partial charge is 0.147 e. The molecule has 0 aliphatic rings. The van der Waals surface area contributed by atoms with E-state index in [2.05, 4.69) is 4.98 Å². The molecule has 3 nitrogen and oxygen atoms in total. The lowest BCUT2D eigenvalue weighted by atomic mass is 10.3. The molecule has 0 N–H and O–H groups in total. The summed E-state index contributed by atoms with van der Waals surface area (Å²) in [7, 11) is -2.92. The first kappa shape index (κ1) is 10.5. The van der Waals surface area contributed by atoms with E-state index in [9.17, 15) is 8.42 Å². The second-order valence-electron chi connectivity index (χ2n) is 2.83. The van der Waals surface area contributed by atoms with E-state index in [-0.39, 0.29) is 5.75 Å². The largest absolute Gasteiger partial charge is 0.241 e. The molecule has 0 aliphatic heterocycles. The summed E-state index contributed by atoms with van der Waals surface area (Å²) in [5.74, 6) is 0.111. The first-order valence-electron chi connectivity index (χ1n) is 3.76. The summed E-state index contributed by atoms with van der Waals surface area (Å²) in [6.07, 6.45) is 1.62. The zero-order valence-corrected chi connectivity index (χ0v) is 8.77. The average molecular weight is 220 g/mol. The first-order chi connectivity index (χ1) is 5.97. The number of hydrogen-bond donors (Lipinski definition) is 0. The van der Waals surface area contributed by atoms with Crippen molar-refractivity contribution in [1.29, 1.82) is 0 Å². The number of hydrogen-bond acceptors (Lipinski definition) is 3. The van der Waals surface area contributed by atoms with E-state index in [0.717, 1.165) is 0 Å². The minimum atomic E-state index is -2.92. The van der Waals surface area contributed by atoms with Gasteiger partial charge in [-0.1, -0.05) is 17.7 Å². The number of aromatic nitrogens is 1. The van der Waals surface area contributed by atoms with E-state index in [1.807, 2.05) is 0 Å². The fraction of sp³-hybridized carbons (Fsp3) is 0.375. The fourth-order valence-electron chi connectivity index (χ4n) is 0.880. The number of rotatable bonds is 3. The second-order valence-corrected chi connectivity index (χ2v) is 5.48. The molecule has 0 saturated heterocycles. The molecule has 1 heterocycles. The third-order valence-electron chi connectivity index (χ3n) is 1.50. The number of sulfone groups is 1. The standard InChI is InChI=1S/C8H10ClNO2S/c1-13(11,12)6-5-7-3-2-4-8(9)10-7/h2-4H,5-6H2,1H3. The number of aryl methyl sites for hydroxylation is 1. The van der Waals surface area contributed by atoms with Crippen LogP contribution in [-0.2, 0) is 16.3 Å². The SMILES string of the molecule is CS(=O)(=O)CCc1cccc(Cl)n1. The molecule has 0 aliphatic carbocycles. The van der Waals surface area contributed by atoms with Crippen molar-refractivity contribution in [3.05, 3.63) is 29.0 Å². The molecular weight excluding hydrogens is 210 g/mol. The maximum Gasteiger partial charge on any atom is 0.147 e. The maximum absolute atomic E-state index is 10.8. The van der Waals surface area contributed by atoms with Crippen LogP contribution in [0.5, 0.6) is 0 Å². The van der Waals surface area contributed by atoms with E-state index in [1.54, 1.807) is 18.2 Å². The third kappa shape index (κ3) is 4.24. The van der Waals surface area contributed by atoms with Gasteiger partial charge >= 0.3 is 0 Å². The van der Waals surface area contributed by atoms with Gasteiger partial charge in [0.1, 0.15) is 15.0 Å². The van der Waals surface area contributed by atoms with Crippen molar-refractivity contribution in [2.45, 2.75) is 6.42 Å². The van der Waals surface area contributed by atoms with Crippen LogP contribution >= 0.6 is 11.6 Å². The predicted molar refractivity (Wildman–Crippen MR) is 52.7 cm³/mol. The fourth-order valence-corrected chi connectivity index (χ4v) is 1.64. The predicted octanol–water partition coefficient (Wildman–Crippen LogP) is 1.32. The van der Waals surface area contributed by atoms with Gasteiger partial charge < -0.3 is 0 Å². The number of pyridine rings is 1. The molecule has 0 amide bonds. The van der Waals surface area contributed by atoms with Gasteiger partial charge in [0.15, 0.2) is 0 Å². The normalized spacial score (nSPS) is 11.5. The molecule has 0 saturated carbocycles. The lowest BCUT2D eigenvalue weighted by Crippen LogP contribution is -2.06. The highest BCUT2D eigenvalue weighted by molar-refractivity contribution is 7.90. The minimum absolute atomic E-state index is 0.111. The summed E-state index contributed by atoms with van der Waals surface area (Å²) in [6, 6.07) is 5.18. The van der Waals surface area contributed by atoms with E-state index in [1.165, 1.54) is 6.26 Å². The van der Waals surface area contributed by atoms with Gasteiger partial charge in [0.2, 0.25) is 0 Å². The van der Waals surface area contributed by atoms with Crippen LogP contribution < -0.4 is 0 Å². The highest BCUT2D eigenvalue weighted by Gasteiger charge is 2.03. The van der Waals surface area contributed by atoms with E-state index in [4.69, 9.17) is 11.6 Å². The van der Waals surface area contributed by atoms with Gasteiger partial charge in [0, 0.05) is 18.4 Å². The highest BCUT2D eigenvalue weighted by Crippen LogP contribution is 2.06. The van der Waals surface area contributed by atoms with Crippen LogP contribution in [0.25, 0.3) is 0 Å². The van der Waals surface area contributed by atoms with Crippen molar-refractivity contribution in [2.75, 3.05) is 12.0 Å². The Kier molecular flexibility index (Phi) is 3.27. The molecule has 0 fully saturated rings. The summed E-state index contributed by atoms with van der Waals surface area (Å²) >= 11 is 5.63. The molecule has 5 heteroatoms. The average Bonchev–Trinajstić information content (AvgIpc) is 2.00. The Labute approximate surface area is 82.7 Å². The van der Waals surface area contributed by atoms with Crippen molar-refractivity contribution in [3.63, 3.8) is 0 Å². The van der Waals surface area contributed by atoms with Gasteiger partial charge in [-0.05, 0) is 12.1 Å². The summed E-state index contributed by atoms with van der Waals surface area (Å²) in [5.41, 5.74) is 0.706. The summed E-state index contributed by atoms with van der Waals surface area (Å²) in [5, 5.41) is 0.394. The van der Waals surface area contributed by atoms with Crippen LogP contribution in [0, 0.1) is 0 Å². The van der Waals surface area contributed by atoms with Gasteiger partial charge in [-0.2, -0.15) is 0 Å². The van der Waals surface area contributed by atoms with Crippen molar-refractivity contribution in [1.82, 2.24) is 4.98 Å². The topological polar surface area (TPSA) is 47.0 Å². The Morgan fingerprint density at radius 1 is 1.46 bits per heavy atom. The molecule has 13 heavy (non-hydrogen) atoms. The van der Waals surface area contributed by atoms with Crippen molar-refractivity contribution >= 4 is 21.4 Å². The van der Waals surface area contributed by atoms with Crippen LogP contribution in [0.2, 0.25) is 5.15 Å². The minimum Gasteiger partial charge on any atom is -0.241 e. The Hall–Kier alpha value is -0.610. The molecule has 72 valence electrons. The zero-order valence-electron chi connectivity index (χ0n) is 7.20. The van der Waals surface area contributed by atoms with E-state index >= 15 is 0 Å². The number of halogens is 1. The highest BCUT2D eigenvalue weighted by atomic mass is 35.5. The molecule has 0 aromatic carbocycles. The monoisotopic (exact) mass is 219 g/mol. The van der Waals surface area contributed by atoms with Gasteiger partial charge in [-0.25, -0.2) is 13.4 Å². The van der Waals surface area contributed by atoms with Gasteiger partial charge in [0.25, 0.3) is 0 Å². The van der Waals surface area contributed by atoms with Gasteiger partial charge in [0.05, 0.1) is 5.75 Å². The Morgan fingerprint density at radius 3 is 2.69 bits per heavy atom. The van der Waals surface area contributed by atoms with Crippen LogP contribution in [0.15, 0.2) is 18.2 Å². The molecule has 1 rings (SSSR count). The Morgan fingerprint density at radius 2 is 2.15 bits per heavy atom. The van der Waals surface area contributed by atoms with Crippen LogP contribution in [0.1, 0.15) is 5.69 Å². The molecule has 1 aromatic rings. The lowest BCUT2D eigenvalue weighted by Gasteiger charge is -1.98. The van der Waals surface area contributed by atoms with Crippen molar-refractivity contribution < 1.29 is 8.42 Å². The van der Waals surface area contributed by atoms with E-state index < -0.39 is 9.84 Å². The summed E-state index contributed by atoms with van der Waals surface area (Å²) in [4.78, 5) is 3.98. The van der Waals surface area contributed by atoms with Crippen LogP contribution in [0.3, 0.4) is 0 Å². The first-order valence-corrected chi connectivity index (χ1v) is 6.20. The second kappa shape index (κ2) is 4.07. The van der Waals surface area contributed by atoms with E-state index in [0.29, 0.717) is 17.3 Å². The lowest BCUT2D eigenvalue weighted by molar-refractivity contribution is 0.601. The van der Waals surface area contributed by atoms with Crippen molar-refractivity contribution in [3.8, 4) is 0 Å². The summed E-state index contributed by atoms with van der Waals surface area (Å²) in [6.45, 7) is 0. The van der Waals surface area contributed by atoms with Gasteiger partial charge in [-0.15, -0.1) is 0 Å². The third-order valence-corrected chi connectivity index (χ3v) is 2.66. The molecule has 0 unspecified atom stereocenters. The molecule has 0 atom stereocenters. The quantitative estimate of drug-likeness (QED) is 0.721. The summed E-state index contributed by atoms with van der Waals surface area (Å²) < 4.78 is 21.7. The molecule has 0 spiro atoms. The van der Waals surface area contributed by atoms with Crippen LogP contribution in [0.4, 0.5) is 0 Å². The molecule has 1 aromatic heterocycles. The molecular formula is C8H10ClNO2S. The van der Waals surface area contributed by atoms with Gasteiger partial charge in [-0.3, -0.25) is 0 Å². The number of nitrogens with zero attached hydrogens (tertiary/aromatic N) is 1. The molecule has 0 radical (unpaired) electrons.